The van der Waals surface area contributed by atoms with Crippen LogP contribution in [0, 0.1) is 0 Å². The third-order valence-corrected chi connectivity index (χ3v) is 3.05. The Morgan fingerprint density at radius 3 is 2.42 bits per heavy atom. The number of esters is 1. The zero-order valence-electron chi connectivity index (χ0n) is 10.3. The average Bonchev–Trinajstić information content (AvgIpc) is 2.42. The van der Waals surface area contributed by atoms with Gasteiger partial charge >= 0.3 is 5.97 Å². The van der Waals surface area contributed by atoms with Crippen LogP contribution in [0.5, 0.6) is 0 Å². The van der Waals surface area contributed by atoms with Crippen molar-refractivity contribution in [2.75, 3.05) is 0 Å². The highest BCUT2D eigenvalue weighted by atomic mass is 16.7. The summed E-state index contributed by atoms with van der Waals surface area (Å²) in [5.74, 6) is -0.622. The van der Waals surface area contributed by atoms with Gasteiger partial charge in [-0.3, -0.25) is 0 Å². The fraction of sp³-hybridized carbons (Fsp3) is 0.462. The fourth-order valence-electron chi connectivity index (χ4n) is 1.95. The number of carbonyl (C=O) groups excluding carboxylic acids is 1. The van der Waals surface area contributed by atoms with Crippen molar-refractivity contribution in [2.45, 2.75) is 37.6 Å². The van der Waals surface area contributed by atoms with Crippen LogP contribution < -0.4 is 0 Å². The first-order valence-corrected chi connectivity index (χ1v) is 5.96. The standard InChI is InChI=1S/C13H16O6/c1-7-11(9(14)10(15)13(17)18-7)19-12(16)8-5-3-2-4-6-8/h2-7,9-11,13-15,17H,1H3/t7-,9-,10+,11-,13?/m1/s1. The number of rotatable bonds is 2. The van der Waals surface area contributed by atoms with Crippen molar-refractivity contribution < 1.29 is 29.6 Å². The summed E-state index contributed by atoms with van der Waals surface area (Å²) in [5, 5.41) is 28.6. The van der Waals surface area contributed by atoms with Crippen molar-refractivity contribution in [3.05, 3.63) is 35.9 Å². The van der Waals surface area contributed by atoms with Gasteiger partial charge in [0.25, 0.3) is 0 Å². The molecular weight excluding hydrogens is 252 g/mol. The smallest absolute Gasteiger partial charge is 0.338 e. The van der Waals surface area contributed by atoms with E-state index < -0.39 is 36.7 Å². The Hall–Kier alpha value is -1.47. The van der Waals surface area contributed by atoms with Gasteiger partial charge in [0.05, 0.1) is 11.7 Å². The van der Waals surface area contributed by atoms with Crippen LogP contribution in [0.25, 0.3) is 0 Å². The summed E-state index contributed by atoms with van der Waals surface area (Å²) in [7, 11) is 0. The van der Waals surface area contributed by atoms with Gasteiger partial charge in [0.2, 0.25) is 0 Å². The molecule has 1 fully saturated rings. The Labute approximate surface area is 110 Å². The number of hydrogen-bond donors (Lipinski definition) is 3. The van der Waals surface area contributed by atoms with Gasteiger partial charge in [-0.15, -0.1) is 0 Å². The van der Waals surface area contributed by atoms with Gasteiger partial charge in [0, 0.05) is 0 Å². The van der Waals surface area contributed by atoms with Crippen LogP contribution in [-0.4, -0.2) is 52.0 Å². The van der Waals surface area contributed by atoms with Crippen molar-refractivity contribution in [2.24, 2.45) is 0 Å². The second-order valence-corrected chi connectivity index (χ2v) is 4.45. The zero-order valence-corrected chi connectivity index (χ0v) is 10.3. The second-order valence-electron chi connectivity index (χ2n) is 4.45. The highest BCUT2D eigenvalue weighted by Gasteiger charge is 2.44. The lowest BCUT2D eigenvalue weighted by atomic mass is 10.00. The number of ether oxygens (including phenoxy) is 2. The average molecular weight is 268 g/mol. The van der Waals surface area contributed by atoms with Gasteiger partial charge in [0.15, 0.2) is 12.4 Å². The maximum Gasteiger partial charge on any atom is 0.338 e. The number of hydrogen-bond acceptors (Lipinski definition) is 6. The lowest BCUT2D eigenvalue weighted by molar-refractivity contribution is -0.277. The van der Waals surface area contributed by atoms with Crippen molar-refractivity contribution in [1.82, 2.24) is 0 Å². The molecule has 0 amide bonds. The third kappa shape index (κ3) is 2.93. The number of carbonyl (C=O) groups is 1. The first-order valence-electron chi connectivity index (χ1n) is 5.96. The van der Waals surface area contributed by atoms with E-state index in [1.165, 1.54) is 0 Å². The lowest BCUT2D eigenvalue weighted by Crippen LogP contribution is -2.57. The molecule has 2 rings (SSSR count). The SMILES string of the molecule is C[C@H]1OC(O)[C@@H](O)[C@@H](O)[C@@H]1OC(=O)c1ccccc1. The minimum absolute atomic E-state index is 0.336. The molecule has 1 aromatic carbocycles. The van der Waals surface area contributed by atoms with E-state index in [1.54, 1.807) is 37.3 Å². The molecular formula is C13H16O6. The molecule has 1 aromatic rings. The molecule has 0 spiro atoms. The summed E-state index contributed by atoms with van der Waals surface area (Å²) >= 11 is 0. The molecule has 1 saturated heterocycles. The molecule has 19 heavy (non-hydrogen) atoms. The van der Waals surface area contributed by atoms with Gasteiger partial charge in [0.1, 0.15) is 12.2 Å². The van der Waals surface area contributed by atoms with E-state index in [0.29, 0.717) is 5.56 Å². The zero-order chi connectivity index (χ0) is 14.0. The predicted molar refractivity (Wildman–Crippen MR) is 64.2 cm³/mol. The number of benzene rings is 1. The Morgan fingerprint density at radius 2 is 1.79 bits per heavy atom. The summed E-state index contributed by atoms with van der Waals surface area (Å²) in [5.41, 5.74) is 0.336. The molecule has 1 aliphatic rings. The Morgan fingerprint density at radius 1 is 1.16 bits per heavy atom. The lowest BCUT2D eigenvalue weighted by Gasteiger charge is -2.38. The van der Waals surface area contributed by atoms with Crippen LogP contribution in [0.3, 0.4) is 0 Å². The predicted octanol–water partition coefficient (Wildman–Crippen LogP) is -0.329. The minimum Gasteiger partial charge on any atom is -0.453 e. The van der Waals surface area contributed by atoms with E-state index >= 15 is 0 Å². The highest BCUT2D eigenvalue weighted by Crippen LogP contribution is 2.23. The Bertz CT molecular complexity index is 434. The van der Waals surface area contributed by atoms with Crippen molar-refractivity contribution >= 4 is 5.97 Å². The van der Waals surface area contributed by atoms with Crippen LogP contribution in [-0.2, 0) is 9.47 Å². The molecule has 0 aromatic heterocycles. The Kier molecular flexibility index (Phi) is 4.16. The van der Waals surface area contributed by atoms with Crippen molar-refractivity contribution in [3.63, 3.8) is 0 Å². The molecule has 0 radical (unpaired) electrons. The molecule has 1 heterocycles. The van der Waals surface area contributed by atoms with Crippen LogP contribution in [0.4, 0.5) is 0 Å². The molecule has 6 heteroatoms. The van der Waals surface area contributed by atoms with Gasteiger partial charge in [-0.25, -0.2) is 4.79 Å². The summed E-state index contributed by atoms with van der Waals surface area (Å²) in [6.07, 6.45) is -6.15. The van der Waals surface area contributed by atoms with E-state index in [9.17, 15) is 20.1 Å². The number of aliphatic hydroxyl groups excluding tert-OH is 3. The van der Waals surface area contributed by atoms with Crippen LogP contribution in [0.2, 0.25) is 0 Å². The monoisotopic (exact) mass is 268 g/mol. The van der Waals surface area contributed by atoms with Gasteiger partial charge < -0.3 is 24.8 Å². The van der Waals surface area contributed by atoms with E-state index in [-0.39, 0.29) is 0 Å². The summed E-state index contributed by atoms with van der Waals surface area (Å²) in [6, 6.07) is 8.29. The van der Waals surface area contributed by atoms with E-state index in [2.05, 4.69) is 0 Å². The molecule has 3 N–H and O–H groups in total. The summed E-state index contributed by atoms with van der Waals surface area (Å²) in [4.78, 5) is 11.9. The normalized spacial score (nSPS) is 34.8. The third-order valence-electron chi connectivity index (χ3n) is 3.05. The molecule has 1 unspecified atom stereocenters. The summed E-state index contributed by atoms with van der Waals surface area (Å²) in [6.45, 7) is 1.54. The Balaban J connectivity index is 2.08. The maximum absolute atomic E-state index is 11.9. The molecule has 6 nitrogen and oxygen atoms in total. The van der Waals surface area contributed by atoms with E-state index in [1.807, 2.05) is 0 Å². The topological polar surface area (TPSA) is 96.2 Å². The molecule has 1 aliphatic heterocycles. The summed E-state index contributed by atoms with van der Waals surface area (Å²) < 4.78 is 10.1. The first-order chi connectivity index (χ1) is 9.00. The van der Waals surface area contributed by atoms with Crippen LogP contribution in [0.1, 0.15) is 17.3 Å². The number of aliphatic hydroxyl groups is 3. The van der Waals surface area contributed by atoms with Gasteiger partial charge in [-0.05, 0) is 19.1 Å². The van der Waals surface area contributed by atoms with E-state index in [0.717, 1.165) is 0 Å². The van der Waals surface area contributed by atoms with Crippen LogP contribution >= 0.6 is 0 Å². The highest BCUT2D eigenvalue weighted by molar-refractivity contribution is 5.89. The quantitative estimate of drug-likeness (QED) is 0.636. The maximum atomic E-state index is 11.9. The molecule has 0 bridgehead atoms. The van der Waals surface area contributed by atoms with Gasteiger partial charge in [-0.2, -0.15) is 0 Å². The van der Waals surface area contributed by atoms with Crippen LogP contribution in [0.15, 0.2) is 30.3 Å². The molecule has 104 valence electrons. The molecule has 0 saturated carbocycles. The minimum atomic E-state index is -1.51. The molecule has 0 aliphatic carbocycles. The first kappa shape index (κ1) is 14.0. The fourth-order valence-corrected chi connectivity index (χ4v) is 1.95. The largest absolute Gasteiger partial charge is 0.453 e. The van der Waals surface area contributed by atoms with Crippen molar-refractivity contribution in [1.29, 1.82) is 0 Å². The van der Waals surface area contributed by atoms with E-state index in [4.69, 9.17) is 9.47 Å². The molecule has 5 atom stereocenters. The van der Waals surface area contributed by atoms with Gasteiger partial charge in [-0.1, -0.05) is 18.2 Å². The second kappa shape index (κ2) is 5.66. The van der Waals surface area contributed by atoms with Crippen molar-refractivity contribution in [3.8, 4) is 0 Å².